The molecule has 0 radical (unpaired) electrons. The average Bonchev–Trinajstić information content (AvgIpc) is 3.74. The van der Waals surface area contributed by atoms with Crippen LogP contribution in [-0.4, -0.2) is 67.4 Å². The number of rotatable bonds is 10. The van der Waals surface area contributed by atoms with Crippen molar-refractivity contribution in [3.8, 4) is 11.5 Å². The fraction of sp³-hybridized carbons (Fsp3) is 0.283. The molecule has 1 spiro atoms. The van der Waals surface area contributed by atoms with E-state index < -0.39 is 43.8 Å². The van der Waals surface area contributed by atoms with Crippen LogP contribution in [0.4, 0.5) is 10.1 Å². The summed E-state index contributed by atoms with van der Waals surface area (Å²) in [6.07, 6.45) is 2.17. The number of halogens is 1. The van der Waals surface area contributed by atoms with Gasteiger partial charge in [-0.1, -0.05) is 30.3 Å². The predicted octanol–water partition coefficient (Wildman–Crippen LogP) is 8.18. The van der Waals surface area contributed by atoms with Crippen molar-refractivity contribution in [2.24, 2.45) is 0 Å². The monoisotopic (exact) mass is 874 g/mol. The number of esters is 1. The molecule has 1 unspecified atom stereocenters. The number of hydrogen-bond donors (Lipinski definition) is 0. The van der Waals surface area contributed by atoms with Gasteiger partial charge in [0.1, 0.15) is 12.4 Å². The molecule has 8 nitrogen and oxygen atoms in total. The first-order chi connectivity index (χ1) is 31.0. The third kappa shape index (κ3) is 6.84. The van der Waals surface area contributed by atoms with Crippen molar-refractivity contribution in [3.63, 3.8) is 0 Å². The van der Waals surface area contributed by atoms with Crippen molar-refractivity contribution < 1.29 is 32.8 Å². The maximum atomic E-state index is 15.5. The summed E-state index contributed by atoms with van der Waals surface area (Å²) in [6.45, 7) is 9.42. The maximum absolute atomic E-state index is 15.5. The molecule has 6 aromatic carbocycles. The SMILES string of the molecule is CC1(C)OB(c2ccc3c(c2CF)Oc2cc(N4CCN(C(=O)CCC[PH](c5ccccc5)(c5ccccc5)c5ccccc5)CC4)ccc2C32OC(=O)c3ccccc32)OC1(C)C. The van der Waals surface area contributed by atoms with E-state index in [1.807, 2.05) is 81.1 Å². The average molecular weight is 875 g/mol. The summed E-state index contributed by atoms with van der Waals surface area (Å²) in [4.78, 5) is 31.9. The second-order valence-corrected chi connectivity index (χ2v) is 22.4. The zero-order valence-corrected chi connectivity index (χ0v) is 37.8. The standard InChI is InChI=1S/C53H53BFN2O6P/c1-51(2)52(3,4)63-54(62-51)46-29-28-45-49(42(46)36-55)60-47-35-37(26-27-44(47)53(45)43-24-15-14-23-41(43)50(59)61-53)56-30-32-57(33-31-56)48(58)25-16-34-64(38-17-8-5-9-18-38,39-19-10-6-11-20-39)40-21-12-7-13-22-40/h5-15,17-24,26-29,35,64H,16,25,30-34,36H2,1-4H3. The Balaban J connectivity index is 0.902. The summed E-state index contributed by atoms with van der Waals surface area (Å²) in [5, 5.41) is 4.04. The first kappa shape index (κ1) is 42.2. The molecule has 6 aromatic rings. The molecule has 0 aromatic heterocycles. The Bertz CT molecular complexity index is 2620. The van der Waals surface area contributed by atoms with Gasteiger partial charge in [0.2, 0.25) is 0 Å². The number of alkyl halides is 1. The molecular weight excluding hydrogens is 821 g/mol. The third-order valence-electron chi connectivity index (χ3n) is 14.4. The van der Waals surface area contributed by atoms with E-state index in [2.05, 4.69) is 95.9 Å². The number of ether oxygens (including phenoxy) is 2. The fourth-order valence-corrected chi connectivity index (χ4v) is 15.2. The first-order valence-corrected chi connectivity index (χ1v) is 24.6. The second kappa shape index (κ2) is 16.3. The van der Waals surface area contributed by atoms with Gasteiger partial charge in [0, 0.05) is 16.7 Å². The zero-order valence-electron chi connectivity index (χ0n) is 36.8. The normalized spacial score (nSPS) is 19.7. The van der Waals surface area contributed by atoms with Crippen molar-refractivity contribution in [2.45, 2.75) is 64.0 Å². The molecule has 0 saturated carbocycles. The molecule has 0 N–H and O–H groups in total. The number of fused-ring (bicyclic) bond motifs is 6. The van der Waals surface area contributed by atoms with Crippen LogP contribution < -0.4 is 31.0 Å². The van der Waals surface area contributed by atoms with Crippen LogP contribution >= 0.6 is 7.26 Å². The molecule has 10 rings (SSSR count). The van der Waals surface area contributed by atoms with Gasteiger partial charge >= 0.3 is 233 Å². The minimum Gasteiger partial charge on any atom is -0.440 e. The molecule has 2 fully saturated rings. The molecule has 11 heteroatoms. The van der Waals surface area contributed by atoms with Crippen LogP contribution in [0.3, 0.4) is 0 Å². The van der Waals surface area contributed by atoms with E-state index in [4.69, 9.17) is 18.8 Å². The van der Waals surface area contributed by atoms with E-state index in [9.17, 15) is 9.59 Å². The van der Waals surface area contributed by atoms with Crippen molar-refractivity contribution in [2.75, 3.05) is 37.2 Å². The summed E-state index contributed by atoms with van der Waals surface area (Å²) in [5.41, 5.74) is 1.41. The molecule has 64 heavy (non-hydrogen) atoms. The number of anilines is 1. The number of piperazine rings is 1. The Morgan fingerprint density at radius 1 is 0.688 bits per heavy atom. The summed E-state index contributed by atoms with van der Waals surface area (Å²) >= 11 is 0. The van der Waals surface area contributed by atoms with Crippen molar-refractivity contribution >= 4 is 53.3 Å². The van der Waals surface area contributed by atoms with E-state index in [1.54, 1.807) is 6.07 Å². The van der Waals surface area contributed by atoms with Crippen LogP contribution in [0.5, 0.6) is 11.5 Å². The molecular formula is C53H53BFN2O6P. The number of benzene rings is 6. The zero-order chi connectivity index (χ0) is 44.3. The Hall–Kier alpha value is -5.80. The van der Waals surface area contributed by atoms with Gasteiger partial charge in [-0.05, 0) is 39.2 Å². The summed E-state index contributed by atoms with van der Waals surface area (Å²) in [5.74, 6) is 0.474. The van der Waals surface area contributed by atoms with Crippen LogP contribution in [0.25, 0.3) is 0 Å². The summed E-state index contributed by atoms with van der Waals surface area (Å²) in [6, 6.07) is 49.5. The minimum atomic E-state index is -2.44. The molecule has 1 atom stereocenters. The molecule has 4 aliphatic heterocycles. The molecule has 0 bridgehead atoms. The predicted molar refractivity (Wildman–Crippen MR) is 255 cm³/mol. The fourth-order valence-electron chi connectivity index (χ4n) is 10.3. The smallest absolute Gasteiger partial charge is 0.440 e. The van der Waals surface area contributed by atoms with Gasteiger partial charge in [0.25, 0.3) is 0 Å². The van der Waals surface area contributed by atoms with Crippen LogP contribution in [0.1, 0.15) is 73.1 Å². The Labute approximate surface area is 375 Å². The van der Waals surface area contributed by atoms with Crippen LogP contribution in [0, 0.1) is 0 Å². The van der Waals surface area contributed by atoms with E-state index in [1.165, 1.54) is 15.9 Å². The van der Waals surface area contributed by atoms with Gasteiger partial charge in [-0.3, -0.25) is 0 Å². The van der Waals surface area contributed by atoms with Gasteiger partial charge in [-0.25, -0.2) is 9.18 Å². The quantitative estimate of drug-likeness (QED) is 0.0782. The topological polar surface area (TPSA) is 77.5 Å². The Morgan fingerprint density at radius 3 is 1.84 bits per heavy atom. The first-order valence-electron chi connectivity index (χ1n) is 22.4. The molecule has 4 heterocycles. The molecule has 4 aliphatic rings. The minimum absolute atomic E-state index is 0.169. The van der Waals surface area contributed by atoms with E-state index in [0.717, 1.165) is 18.3 Å². The number of hydrogen-bond acceptors (Lipinski definition) is 7. The number of amides is 1. The van der Waals surface area contributed by atoms with Crippen LogP contribution in [0.15, 0.2) is 146 Å². The molecule has 326 valence electrons. The second-order valence-electron chi connectivity index (χ2n) is 18.4. The summed E-state index contributed by atoms with van der Waals surface area (Å²) in [7, 11) is -3.27. The van der Waals surface area contributed by atoms with Gasteiger partial charge in [-0.15, -0.1) is 0 Å². The van der Waals surface area contributed by atoms with Crippen molar-refractivity contribution in [1.82, 2.24) is 4.90 Å². The molecule has 0 aliphatic carbocycles. The molecule has 1 amide bonds. The van der Waals surface area contributed by atoms with E-state index in [-0.39, 0.29) is 17.2 Å². The van der Waals surface area contributed by atoms with E-state index >= 15 is 4.39 Å². The molecule has 2 saturated heterocycles. The number of carbonyl (C=O) groups excluding carboxylic acids is 2. The van der Waals surface area contributed by atoms with E-state index in [0.29, 0.717) is 66.1 Å². The Morgan fingerprint density at radius 2 is 1.25 bits per heavy atom. The summed E-state index contributed by atoms with van der Waals surface area (Å²) < 4.78 is 41.5. The van der Waals surface area contributed by atoms with Crippen LogP contribution in [0.2, 0.25) is 0 Å². The van der Waals surface area contributed by atoms with Gasteiger partial charge in [-0.2, -0.15) is 0 Å². The number of carbonyl (C=O) groups is 2. The van der Waals surface area contributed by atoms with Gasteiger partial charge < -0.3 is 14.0 Å². The van der Waals surface area contributed by atoms with Crippen molar-refractivity contribution in [3.05, 3.63) is 173 Å². The van der Waals surface area contributed by atoms with Crippen molar-refractivity contribution in [1.29, 1.82) is 0 Å². The van der Waals surface area contributed by atoms with Gasteiger partial charge in [0.15, 0.2) is 5.60 Å². The number of nitrogens with zero attached hydrogens (tertiary/aromatic N) is 2. The Kier molecular flexibility index (Phi) is 10.8. The van der Waals surface area contributed by atoms with Gasteiger partial charge in [0.05, 0.1) is 16.8 Å². The third-order valence-corrected chi connectivity index (χ3v) is 19.4. The van der Waals surface area contributed by atoms with Crippen LogP contribution in [-0.2, 0) is 31.1 Å².